The van der Waals surface area contributed by atoms with Crippen LogP contribution < -0.4 is 20.1 Å². The molecule has 27 heavy (non-hydrogen) atoms. The lowest BCUT2D eigenvalue weighted by Crippen LogP contribution is -2.30. The molecule has 0 spiro atoms. The number of benzene rings is 2. The number of amides is 1. The van der Waals surface area contributed by atoms with Crippen LogP contribution in [0.5, 0.6) is 11.5 Å². The zero-order valence-electron chi connectivity index (χ0n) is 15.5. The van der Waals surface area contributed by atoms with E-state index in [4.69, 9.17) is 9.47 Å². The van der Waals surface area contributed by atoms with Crippen LogP contribution in [0, 0.1) is 10.1 Å². The highest BCUT2D eigenvalue weighted by molar-refractivity contribution is 5.95. The third-order valence-electron chi connectivity index (χ3n) is 3.62. The molecule has 0 fully saturated rings. The number of methoxy groups -OCH3 is 1. The fraction of sp³-hybridized carbons (Fsp3) is 0.316. The Morgan fingerprint density at radius 3 is 2.41 bits per heavy atom. The molecular formula is C19H23N3O5. The molecule has 2 aromatic rings. The molecule has 0 aliphatic heterocycles. The molecular weight excluding hydrogens is 350 g/mol. The fourth-order valence-electron chi connectivity index (χ4n) is 2.35. The summed E-state index contributed by atoms with van der Waals surface area (Å²) < 4.78 is 10.7. The lowest BCUT2D eigenvalue weighted by atomic mass is 10.1. The van der Waals surface area contributed by atoms with Gasteiger partial charge in [-0.15, -0.1) is 0 Å². The Morgan fingerprint density at radius 1 is 1.15 bits per heavy atom. The zero-order valence-corrected chi connectivity index (χ0v) is 15.5. The minimum Gasteiger partial charge on any atom is -0.497 e. The van der Waals surface area contributed by atoms with E-state index < -0.39 is 4.92 Å². The standard InChI is InChI=1S/C19H23N3O5/c1-13(2)21-19(23)14-4-9-17(18(12-14)22(24)25)20-10-11-27-16-7-5-15(26-3)6-8-16/h4-9,12-13,20H,10-11H2,1-3H3,(H,21,23). The van der Waals surface area contributed by atoms with Gasteiger partial charge in [0.05, 0.1) is 12.0 Å². The van der Waals surface area contributed by atoms with E-state index in [1.54, 1.807) is 37.4 Å². The second-order valence-corrected chi connectivity index (χ2v) is 6.07. The molecule has 0 aliphatic carbocycles. The third-order valence-corrected chi connectivity index (χ3v) is 3.62. The summed E-state index contributed by atoms with van der Waals surface area (Å²) >= 11 is 0. The van der Waals surface area contributed by atoms with E-state index in [0.29, 0.717) is 24.6 Å². The van der Waals surface area contributed by atoms with E-state index in [0.717, 1.165) is 5.75 Å². The average molecular weight is 373 g/mol. The smallest absolute Gasteiger partial charge is 0.293 e. The van der Waals surface area contributed by atoms with E-state index in [2.05, 4.69) is 10.6 Å². The van der Waals surface area contributed by atoms with Crippen LogP contribution in [0.4, 0.5) is 11.4 Å². The van der Waals surface area contributed by atoms with Crippen LogP contribution in [0.1, 0.15) is 24.2 Å². The van der Waals surface area contributed by atoms with Crippen LogP contribution in [0.3, 0.4) is 0 Å². The summed E-state index contributed by atoms with van der Waals surface area (Å²) in [6.07, 6.45) is 0. The van der Waals surface area contributed by atoms with Crippen molar-refractivity contribution < 1.29 is 19.2 Å². The van der Waals surface area contributed by atoms with Crippen LogP contribution in [-0.2, 0) is 0 Å². The predicted octanol–water partition coefficient (Wildman–Crippen LogP) is 3.23. The van der Waals surface area contributed by atoms with Crippen LogP contribution in [0.2, 0.25) is 0 Å². The molecule has 0 saturated carbocycles. The number of ether oxygens (including phenoxy) is 2. The van der Waals surface area contributed by atoms with Crippen LogP contribution in [0.15, 0.2) is 42.5 Å². The summed E-state index contributed by atoms with van der Waals surface area (Å²) in [7, 11) is 1.59. The number of rotatable bonds is 9. The topological polar surface area (TPSA) is 103 Å². The Bertz CT molecular complexity index is 790. The van der Waals surface area contributed by atoms with Crippen molar-refractivity contribution in [3.63, 3.8) is 0 Å². The second-order valence-electron chi connectivity index (χ2n) is 6.07. The Kier molecular flexibility index (Phi) is 6.99. The maximum atomic E-state index is 12.0. The third kappa shape index (κ3) is 5.88. The Balaban J connectivity index is 1.96. The molecule has 2 aromatic carbocycles. The molecule has 2 rings (SSSR count). The summed E-state index contributed by atoms with van der Waals surface area (Å²) in [6, 6.07) is 11.4. The van der Waals surface area contributed by atoms with Gasteiger partial charge < -0.3 is 20.1 Å². The minimum atomic E-state index is -0.515. The molecule has 0 unspecified atom stereocenters. The lowest BCUT2D eigenvalue weighted by molar-refractivity contribution is -0.384. The average Bonchev–Trinajstić information content (AvgIpc) is 2.65. The molecule has 0 atom stereocenters. The van der Waals surface area contributed by atoms with E-state index in [1.807, 2.05) is 13.8 Å². The van der Waals surface area contributed by atoms with Gasteiger partial charge in [-0.25, -0.2) is 0 Å². The van der Waals surface area contributed by atoms with Crippen LogP contribution >= 0.6 is 0 Å². The van der Waals surface area contributed by atoms with Crippen molar-refractivity contribution in [3.8, 4) is 11.5 Å². The lowest BCUT2D eigenvalue weighted by Gasteiger charge is -2.11. The Hall–Kier alpha value is -3.29. The second kappa shape index (κ2) is 9.42. The van der Waals surface area contributed by atoms with Gasteiger partial charge >= 0.3 is 0 Å². The molecule has 8 nitrogen and oxygen atoms in total. The fourth-order valence-corrected chi connectivity index (χ4v) is 2.35. The first kappa shape index (κ1) is 20.0. The molecule has 0 radical (unpaired) electrons. The minimum absolute atomic E-state index is 0.0514. The van der Waals surface area contributed by atoms with Crippen molar-refractivity contribution in [2.24, 2.45) is 0 Å². The van der Waals surface area contributed by atoms with Crippen LogP contribution in [0.25, 0.3) is 0 Å². The van der Waals surface area contributed by atoms with Gasteiger partial charge in [0.2, 0.25) is 0 Å². The first-order chi connectivity index (χ1) is 12.9. The van der Waals surface area contributed by atoms with Crippen molar-refractivity contribution in [3.05, 3.63) is 58.1 Å². The van der Waals surface area contributed by atoms with Crippen molar-refractivity contribution in [2.75, 3.05) is 25.6 Å². The van der Waals surface area contributed by atoms with Gasteiger partial charge in [0.15, 0.2) is 0 Å². The Labute approximate surface area is 157 Å². The Morgan fingerprint density at radius 2 is 1.81 bits per heavy atom. The predicted molar refractivity (Wildman–Crippen MR) is 103 cm³/mol. The van der Waals surface area contributed by atoms with Gasteiger partial charge in [0, 0.05) is 24.2 Å². The van der Waals surface area contributed by atoms with Crippen LogP contribution in [-0.4, -0.2) is 37.1 Å². The van der Waals surface area contributed by atoms with Crippen molar-refractivity contribution in [1.29, 1.82) is 0 Å². The number of nitrogens with one attached hydrogen (secondary N) is 2. The van der Waals surface area contributed by atoms with E-state index >= 15 is 0 Å². The van der Waals surface area contributed by atoms with E-state index in [-0.39, 0.29) is 23.2 Å². The number of nitrogens with zero attached hydrogens (tertiary/aromatic N) is 1. The molecule has 0 aromatic heterocycles. The molecule has 0 aliphatic rings. The summed E-state index contributed by atoms with van der Waals surface area (Å²) in [5, 5.41) is 17.0. The van der Waals surface area contributed by atoms with Crippen molar-refractivity contribution in [1.82, 2.24) is 5.32 Å². The highest BCUT2D eigenvalue weighted by atomic mass is 16.6. The largest absolute Gasteiger partial charge is 0.497 e. The van der Waals surface area contributed by atoms with Gasteiger partial charge in [0.1, 0.15) is 23.8 Å². The van der Waals surface area contributed by atoms with Gasteiger partial charge in [-0.3, -0.25) is 14.9 Å². The molecule has 1 amide bonds. The maximum absolute atomic E-state index is 12.0. The number of carbonyl (C=O) groups is 1. The first-order valence-corrected chi connectivity index (χ1v) is 8.50. The SMILES string of the molecule is COc1ccc(OCCNc2ccc(C(=O)NC(C)C)cc2[N+](=O)[O-])cc1. The number of anilines is 1. The molecule has 0 saturated heterocycles. The number of nitro benzene ring substituents is 1. The molecule has 0 bridgehead atoms. The summed E-state index contributed by atoms with van der Waals surface area (Å²) in [6.45, 7) is 4.33. The monoisotopic (exact) mass is 373 g/mol. The highest BCUT2D eigenvalue weighted by Gasteiger charge is 2.17. The zero-order chi connectivity index (χ0) is 19.8. The van der Waals surface area contributed by atoms with Crippen molar-refractivity contribution >= 4 is 17.3 Å². The van der Waals surface area contributed by atoms with Gasteiger partial charge in [0.25, 0.3) is 11.6 Å². The maximum Gasteiger partial charge on any atom is 0.293 e. The number of hydrogen-bond acceptors (Lipinski definition) is 6. The molecule has 8 heteroatoms. The summed E-state index contributed by atoms with van der Waals surface area (Å²) in [5.74, 6) is 1.06. The summed E-state index contributed by atoms with van der Waals surface area (Å²) in [4.78, 5) is 22.8. The van der Waals surface area contributed by atoms with Gasteiger partial charge in [-0.2, -0.15) is 0 Å². The van der Waals surface area contributed by atoms with Gasteiger partial charge in [-0.05, 0) is 50.2 Å². The molecule has 144 valence electrons. The normalized spacial score (nSPS) is 10.4. The van der Waals surface area contributed by atoms with E-state index in [9.17, 15) is 14.9 Å². The number of carbonyl (C=O) groups excluding carboxylic acids is 1. The number of nitro groups is 1. The molecule has 2 N–H and O–H groups in total. The van der Waals surface area contributed by atoms with E-state index in [1.165, 1.54) is 12.1 Å². The molecule has 0 heterocycles. The first-order valence-electron chi connectivity index (χ1n) is 8.50. The van der Waals surface area contributed by atoms with Crippen molar-refractivity contribution in [2.45, 2.75) is 19.9 Å². The number of hydrogen-bond donors (Lipinski definition) is 2. The van der Waals surface area contributed by atoms with Gasteiger partial charge in [-0.1, -0.05) is 0 Å². The highest BCUT2D eigenvalue weighted by Crippen LogP contribution is 2.25. The quantitative estimate of drug-likeness (QED) is 0.397. The summed E-state index contributed by atoms with van der Waals surface area (Å²) in [5.41, 5.74) is 0.422.